The zero-order chi connectivity index (χ0) is 27.6. The highest BCUT2D eigenvalue weighted by Crippen LogP contribution is 2.29. The summed E-state index contributed by atoms with van der Waals surface area (Å²) in [7, 11) is 3.82. The Morgan fingerprint density at radius 3 is 2.18 bits per heavy atom. The number of hydrogen-bond donors (Lipinski definition) is 1. The van der Waals surface area contributed by atoms with Gasteiger partial charge >= 0.3 is 0 Å². The number of nitrogens with one attached hydrogen (secondary N) is 1. The van der Waals surface area contributed by atoms with Gasteiger partial charge < -0.3 is 15.1 Å². The van der Waals surface area contributed by atoms with Crippen molar-refractivity contribution in [3.05, 3.63) is 89.7 Å². The molecule has 0 atom stereocenters. The average molecular weight is 517 g/mol. The number of anilines is 3. The summed E-state index contributed by atoms with van der Waals surface area (Å²) >= 11 is 0. The number of para-hydroxylation sites is 1. The van der Waals surface area contributed by atoms with Gasteiger partial charge in [-0.3, -0.25) is 24.1 Å². The lowest BCUT2D eigenvalue weighted by atomic mass is 9.99. The second-order valence-electron chi connectivity index (χ2n) is 9.80. The van der Waals surface area contributed by atoms with Gasteiger partial charge in [-0.05, 0) is 67.9 Å². The summed E-state index contributed by atoms with van der Waals surface area (Å²) in [6.45, 7) is 2.75. The number of carbonyl (C=O) groups is 4. The third-order valence-electron chi connectivity index (χ3n) is 6.60. The molecule has 3 aromatic rings. The molecule has 38 heavy (non-hydrogen) atoms. The van der Waals surface area contributed by atoms with Crippen LogP contribution in [0.3, 0.4) is 0 Å². The first-order valence-corrected chi connectivity index (χ1v) is 12.1. The number of hydrogen-bond acceptors (Lipinski definition) is 5. The van der Waals surface area contributed by atoms with E-state index >= 15 is 0 Å². The molecule has 3 aromatic carbocycles. The van der Waals surface area contributed by atoms with Gasteiger partial charge in [0.2, 0.25) is 11.8 Å². The third-order valence-corrected chi connectivity index (χ3v) is 6.60. The maximum atomic E-state index is 13.7. The molecule has 0 spiro atoms. The van der Waals surface area contributed by atoms with Crippen molar-refractivity contribution < 1.29 is 23.6 Å². The molecule has 196 valence electrons. The number of nitrogens with zero attached hydrogens (tertiary/aromatic N) is 3. The van der Waals surface area contributed by atoms with E-state index in [9.17, 15) is 23.6 Å². The van der Waals surface area contributed by atoms with Gasteiger partial charge in [0.1, 0.15) is 17.9 Å². The molecule has 9 heteroatoms. The minimum atomic E-state index is -1.38. The highest BCUT2D eigenvalue weighted by atomic mass is 19.1. The van der Waals surface area contributed by atoms with Gasteiger partial charge in [0.15, 0.2) is 0 Å². The molecule has 0 unspecified atom stereocenters. The van der Waals surface area contributed by atoms with Crippen LogP contribution in [0.5, 0.6) is 0 Å². The van der Waals surface area contributed by atoms with E-state index in [2.05, 4.69) is 5.32 Å². The molecular weight excluding hydrogens is 487 g/mol. The Morgan fingerprint density at radius 1 is 0.921 bits per heavy atom. The van der Waals surface area contributed by atoms with Gasteiger partial charge in [-0.2, -0.15) is 0 Å². The van der Waals surface area contributed by atoms with Crippen molar-refractivity contribution in [3.63, 3.8) is 0 Å². The number of carbonyl (C=O) groups excluding carboxylic acids is 4. The van der Waals surface area contributed by atoms with Crippen molar-refractivity contribution in [2.24, 2.45) is 0 Å². The average Bonchev–Trinajstić information content (AvgIpc) is 3.13. The third kappa shape index (κ3) is 5.27. The van der Waals surface area contributed by atoms with E-state index in [1.54, 1.807) is 44.2 Å². The van der Waals surface area contributed by atoms with Crippen molar-refractivity contribution in [2.45, 2.75) is 25.9 Å². The molecule has 0 fully saturated rings. The Hall–Kier alpha value is -4.53. The Labute approximate surface area is 220 Å². The molecule has 1 aliphatic rings. The van der Waals surface area contributed by atoms with Crippen LogP contribution in [0.2, 0.25) is 0 Å². The molecule has 3 amide bonds. The highest BCUT2D eigenvalue weighted by Gasteiger charge is 2.42. The second kappa shape index (κ2) is 10.5. The molecular formula is C29H29FN4O4. The van der Waals surface area contributed by atoms with Gasteiger partial charge in [-0.1, -0.05) is 24.3 Å². The Kier molecular flexibility index (Phi) is 7.30. The summed E-state index contributed by atoms with van der Waals surface area (Å²) in [6.07, 6.45) is 0. The van der Waals surface area contributed by atoms with E-state index in [4.69, 9.17) is 0 Å². The molecule has 1 N–H and O–H groups in total. The summed E-state index contributed by atoms with van der Waals surface area (Å²) in [4.78, 5) is 56.7. The molecule has 0 aliphatic carbocycles. The lowest BCUT2D eigenvalue weighted by Gasteiger charge is -2.38. The molecule has 0 saturated heterocycles. The predicted octanol–water partition coefficient (Wildman–Crippen LogP) is 3.87. The summed E-state index contributed by atoms with van der Waals surface area (Å²) in [5.74, 6) is -2.91. The molecule has 8 nitrogen and oxygen atoms in total. The Bertz CT molecular complexity index is 1380. The first kappa shape index (κ1) is 26.5. The first-order chi connectivity index (χ1) is 18.0. The van der Waals surface area contributed by atoms with Crippen LogP contribution in [-0.2, 0) is 20.9 Å². The highest BCUT2D eigenvalue weighted by molar-refractivity contribution is 6.52. The fraction of sp³-hybridized carbons (Fsp3) is 0.241. The van der Waals surface area contributed by atoms with E-state index in [0.29, 0.717) is 16.9 Å². The van der Waals surface area contributed by atoms with Crippen LogP contribution in [0, 0.1) is 5.82 Å². The minimum Gasteiger partial charge on any atom is -0.378 e. The van der Waals surface area contributed by atoms with Gasteiger partial charge in [-0.15, -0.1) is 0 Å². The van der Waals surface area contributed by atoms with Crippen LogP contribution in [0.1, 0.15) is 29.8 Å². The second-order valence-corrected chi connectivity index (χ2v) is 9.80. The number of Topliss-reactive ketones (excluding diaryl/α,β-unsaturated/α-hetero) is 1. The van der Waals surface area contributed by atoms with Crippen LogP contribution < -0.4 is 15.1 Å². The molecule has 1 aliphatic heterocycles. The number of rotatable bonds is 8. The van der Waals surface area contributed by atoms with Crippen LogP contribution in [-0.4, -0.2) is 54.6 Å². The predicted molar refractivity (Wildman–Crippen MR) is 144 cm³/mol. The Morgan fingerprint density at radius 2 is 1.55 bits per heavy atom. The zero-order valence-electron chi connectivity index (χ0n) is 21.7. The number of amides is 3. The smallest absolute Gasteiger partial charge is 0.299 e. The van der Waals surface area contributed by atoms with Gasteiger partial charge in [0, 0.05) is 32.0 Å². The van der Waals surface area contributed by atoms with Crippen LogP contribution >= 0.6 is 0 Å². The fourth-order valence-corrected chi connectivity index (χ4v) is 4.25. The summed E-state index contributed by atoms with van der Waals surface area (Å²) in [5, 5.41) is 2.86. The topological polar surface area (TPSA) is 90.0 Å². The SMILES string of the molecule is CN(C)c1ccc(NC(=O)C(C)(C)N(Cc2ccc(F)cc2)C(=O)CN2C(=O)C(=O)c3ccccc32)cc1. The monoisotopic (exact) mass is 516 g/mol. The van der Waals surface area contributed by atoms with Crippen LogP contribution in [0.25, 0.3) is 0 Å². The van der Waals surface area contributed by atoms with E-state index < -0.39 is 41.4 Å². The van der Waals surface area contributed by atoms with Gasteiger partial charge in [0.05, 0.1) is 11.3 Å². The molecule has 4 rings (SSSR count). The standard InChI is InChI=1S/C29H29FN4O4/c1-29(2,28(38)31-21-13-15-22(16-14-21)32(3)4)34(17-19-9-11-20(30)12-10-19)25(35)18-33-24-8-6-5-7-23(24)26(36)27(33)37/h5-16H,17-18H2,1-4H3,(H,31,38). The van der Waals surface area contributed by atoms with Crippen molar-refractivity contribution >= 4 is 40.6 Å². The maximum absolute atomic E-state index is 13.7. The molecule has 0 radical (unpaired) electrons. The lowest BCUT2D eigenvalue weighted by Crippen LogP contribution is -2.57. The van der Waals surface area contributed by atoms with E-state index in [-0.39, 0.29) is 12.1 Å². The van der Waals surface area contributed by atoms with Crippen molar-refractivity contribution in [1.29, 1.82) is 0 Å². The number of fused-ring (bicyclic) bond motifs is 1. The van der Waals surface area contributed by atoms with Crippen molar-refractivity contribution in [3.8, 4) is 0 Å². The van der Waals surface area contributed by atoms with Gasteiger partial charge in [-0.25, -0.2) is 4.39 Å². The van der Waals surface area contributed by atoms with E-state index in [1.807, 2.05) is 31.1 Å². The van der Waals surface area contributed by atoms with Gasteiger partial charge in [0.25, 0.3) is 11.7 Å². The summed E-state index contributed by atoms with van der Waals surface area (Å²) in [5.41, 5.74) is 1.31. The quantitative estimate of drug-likeness (QED) is 0.459. The largest absolute Gasteiger partial charge is 0.378 e. The molecule has 0 bridgehead atoms. The van der Waals surface area contributed by atoms with Crippen LogP contribution in [0.4, 0.5) is 21.5 Å². The fourth-order valence-electron chi connectivity index (χ4n) is 4.25. The lowest BCUT2D eigenvalue weighted by molar-refractivity contribution is -0.143. The molecule has 1 heterocycles. The van der Waals surface area contributed by atoms with Crippen molar-refractivity contribution in [1.82, 2.24) is 4.90 Å². The Balaban J connectivity index is 1.62. The van der Waals surface area contributed by atoms with Crippen molar-refractivity contribution in [2.75, 3.05) is 35.8 Å². The zero-order valence-corrected chi connectivity index (χ0v) is 21.7. The maximum Gasteiger partial charge on any atom is 0.299 e. The number of halogens is 1. The number of ketones is 1. The summed E-state index contributed by atoms with van der Waals surface area (Å²) < 4.78 is 13.5. The van der Waals surface area contributed by atoms with Crippen LogP contribution in [0.15, 0.2) is 72.8 Å². The normalized spacial score (nSPS) is 12.8. The molecule has 0 aromatic heterocycles. The number of benzene rings is 3. The van der Waals surface area contributed by atoms with E-state index in [0.717, 1.165) is 10.6 Å². The first-order valence-electron chi connectivity index (χ1n) is 12.1. The molecule has 0 saturated carbocycles. The minimum absolute atomic E-state index is 0.0171. The van der Waals surface area contributed by atoms with E-state index in [1.165, 1.54) is 35.2 Å². The summed E-state index contributed by atoms with van der Waals surface area (Å²) in [6, 6.07) is 19.3.